The fourth-order valence-electron chi connectivity index (χ4n) is 4.10. The monoisotopic (exact) mass is 547 g/mol. The molecule has 210 valence electrons. The van der Waals surface area contributed by atoms with Crippen LogP contribution in [0.2, 0.25) is 0 Å². The molecule has 0 aliphatic carbocycles. The Balaban J connectivity index is 1.49. The second kappa shape index (κ2) is 12.8. The van der Waals surface area contributed by atoms with Gasteiger partial charge in [0.25, 0.3) is 5.91 Å². The minimum absolute atomic E-state index is 0.247. The van der Waals surface area contributed by atoms with Crippen molar-refractivity contribution in [3.8, 4) is 5.75 Å². The van der Waals surface area contributed by atoms with E-state index in [9.17, 15) is 9.59 Å². The van der Waals surface area contributed by atoms with Gasteiger partial charge >= 0.3 is 0 Å². The zero-order chi connectivity index (χ0) is 28.6. The Hall–Kier alpha value is -4.91. The lowest BCUT2D eigenvalue weighted by Gasteiger charge is -2.16. The number of aryl methyl sites for hydroxylation is 2. The van der Waals surface area contributed by atoms with Crippen LogP contribution in [-0.4, -0.2) is 63.0 Å². The Labute approximate surface area is 231 Å². The van der Waals surface area contributed by atoms with E-state index in [1.165, 1.54) is 6.07 Å². The van der Waals surface area contributed by atoms with Crippen LogP contribution in [-0.2, 0) is 17.8 Å². The van der Waals surface area contributed by atoms with E-state index in [0.29, 0.717) is 66.2 Å². The first-order valence-electron chi connectivity index (χ1n) is 12.7. The molecule has 13 nitrogen and oxygen atoms in total. The number of allylic oxidation sites excluding steroid dienone is 1. The van der Waals surface area contributed by atoms with Gasteiger partial charge in [0.2, 0.25) is 11.9 Å². The highest BCUT2D eigenvalue weighted by Gasteiger charge is 2.18. The number of hydrogen-bond acceptors (Lipinski definition) is 9. The van der Waals surface area contributed by atoms with Crippen molar-refractivity contribution in [3.05, 3.63) is 65.6 Å². The number of anilines is 3. The second-order valence-corrected chi connectivity index (χ2v) is 8.83. The number of benzene rings is 1. The molecule has 0 saturated heterocycles. The van der Waals surface area contributed by atoms with E-state index >= 15 is 0 Å². The zero-order valence-electron chi connectivity index (χ0n) is 22.7. The molecule has 0 aliphatic rings. The largest absolute Gasteiger partial charge is 0.489 e. The molecule has 3 heterocycles. The summed E-state index contributed by atoms with van der Waals surface area (Å²) >= 11 is 0. The minimum atomic E-state index is -0.604. The van der Waals surface area contributed by atoms with E-state index in [4.69, 9.17) is 20.9 Å². The number of carbonyl (C=O) groups excluding carboxylic acids is 2. The van der Waals surface area contributed by atoms with Crippen molar-refractivity contribution in [2.45, 2.75) is 26.9 Å². The number of methoxy groups -OCH3 is 1. The molecule has 6 N–H and O–H groups in total. The van der Waals surface area contributed by atoms with Gasteiger partial charge in [-0.05, 0) is 44.2 Å². The van der Waals surface area contributed by atoms with Crippen LogP contribution >= 0.6 is 0 Å². The first-order valence-corrected chi connectivity index (χ1v) is 12.7. The maximum absolute atomic E-state index is 13.1. The van der Waals surface area contributed by atoms with Crippen LogP contribution in [0.4, 0.5) is 17.3 Å². The van der Waals surface area contributed by atoms with Crippen LogP contribution < -0.4 is 26.8 Å². The molecule has 4 aromatic rings. The minimum Gasteiger partial charge on any atom is -0.489 e. The standard InChI is InChI=1S/C27H33N9O4/c1-4-36-21(14-17(2)34-36)26(38)33-27-32-20-8-7-10-31-25(20)35(27)11-6-5-9-30-23-19(28)15-18(24(29)37)16-22(23)40-13-12-39-3/h5-8,10,14-16,30H,4,9,11-13,28H2,1-3H3,(H2,29,37)(H,32,33,38). The molecule has 0 spiro atoms. The van der Waals surface area contributed by atoms with Gasteiger partial charge in [-0.15, -0.1) is 0 Å². The molecule has 1 aromatic carbocycles. The molecule has 0 saturated carbocycles. The molecule has 0 atom stereocenters. The molecule has 0 bridgehead atoms. The molecule has 0 unspecified atom stereocenters. The number of imidazole rings is 1. The number of carbonyl (C=O) groups is 2. The number of nitrogen functional groups attached to an aromatic ring is 1. The van der Waals surface area contributed by atoms with Crippen LogP contribution in [0, 0.1) is 6.92 Å². The molecular formula is C27H33N9O4. The predicted octanol–water partition coefficient (Wildman–Crippen LogP) is 2.58. The van der Waals surface area contributed by atoms with Gasteiger partial charge in [0.15, 0.2) is 5.65 Å². The fourth-order valence-corrected chi connectivity index (χ4v) is 4.10. The highest BCUT2D eigenvalue weighted by Crippen LogP contribution is 2.32. The quantitative estimate of drug-likeness (QED) is 0.111. The third kappa shape index (κ3) is 6.38. The van der Waals surface area contributed by atoms with Crippen molar-refractivity contribution in [1.82, 2.24) is 24.3 Å². The second-order valence-electron chi connectivity index (χ2n) is 8.83. The molecular weight excluding hydrogens is 514 g/mol. The number of ether oxygens (including phenoxy) is 2. The van der Waals surface area contributed by atoms with Gasteiger partial charge < -0.3 is 26.3 Å². The number of primary amides is 1. The summed E-state index contributed by atoms with van der Waals surface area (Å²) in [5.74, 6) is -0.137. The van der Waals surface area contributed by atoms with Gasteiger partial charge in [-0.25, -0.2) is 9.97 Å². The topological polar surface area (TPSA) is 177 Å². The summed E-state index contributed by atoms with van der Waals surface area (Å²) in [5, 5.41) is 10.5. The Kier molecular flexibility index (Phi) is 8.96. The highest BCUT2D eigenvalue weighted by molar-refractivity contribution is 6.03. The molecule has 13 heteroatoms. The number of hydrogen-bond donors (Lipinski definition) is 4. The number of rotatable bonds is 13. The van der Waals surface area contributed by atoms with Crippen molar-refractivity contribution in [3.63, 3.8) is 0 Å². The third-order valence-electron chi connectivity index (χ3n) is 5.98. The lowest BCUT2D eigenvalue weighted by atomic mass is 10.1. The Morgan fingerprint density at radius 2 is 2.00 bits per heavy atom. The number of fused-ring (bicyclic) bond motifs is 1. The Bertz CT molecular complexity index is 1540. The van der Waals surface area contributed by atoms with E-state index in [-0.39, 0.29) is 18.1 Å². The Morgan fingerprint density at radius 1 is 1.18 bits per heavy atom. The van der Waals surface area contributed by atoms with Crippen molar-refractivity contribution >= 4 is 40.3 Å². The number of pyridine rings is 1. The van der Waals surface area contributed by atoms with E-state index in [1.807, 2.05) is 36.6 Å². The molecule has 0 radical (unpaired) electrons. The van der Waals surface area contributed by atoms with E-state index in [1.54, 1.807) is 36.2 Å². The molecule has 4 rings (SSSR count). The van der Waals surface area contributed by atoms with E-state index in [2.05, 4.69) is 25.7 Å². The normalized spacial score (nSPS) is 11.3. The smallest absolute Gasteiger partial charge is 0.276 e. The average Bonchev–Trinajstić information content (AvgIpc) is 3.49. The van der Waals surface area contributed by atoms with Crippen molar-refractivity contribution in [2.75, 3.05) is 43.2 Å². The number of nitrogens with two attached hydrogens (primary N) is 2. The van der Waals surface area contributed by atoms with Crippen LogP contribution in [0.3, 0.4) is 0 Å². The molecule has 2 amide bonds. The zero-order valence-corrected chi connectivity index (χ0v) is 22.7. The van der Waals surface area contributed by atoms with Crippen molar-refractivity contribution < 1.29 is 19.1 Å². The van der Waals surface area contributed by atoms with Gasteiger partial charge in [0.1, 0.15) is 29.3 Å². The summed E-state index contributed by atoms with van der Waals surface area (Å²) in [5.41, 5.74) is 15.2. The lowest BCUT2D eigenvalue weighted by Crippen LogP contribution is -2.20. The van der Waals surface area contributed by atoms with Crippen molar-refractivity contribution in [1.29, 1.82) is 0 Å². The number of amides is 2. The Morgan fingerprint density at radius 3 is 2.75 bits per heavy atom. The summed E-state index contributed by atoms with van der Waals surface area (Å²) in [4.78, 5) is 33.8. The number of aromatic nitrogens is 5. The molecule has 0 fully saturated rings. The lowest BCUT2D eigenvalue weighted by molar-refractivity contribution is 0.0995. The van der Waals surface area contributed by atoms with Gasteiger partial charge in [-0.1, -0.05) is 12.2 Å². The summed E-state index contributed by atoms with van der Waals surface area (Å²) in [7, 11) is 1.57. The summed E-state index contributed by atoms with van der Waals surface area (Å²) in [6.07, 6.45) is 5.49. The average molecular weight is 548 g/mol. The van der Waals surface area contributed by atoms with Gasteiger partial charge in [0.05, 0.1) is 18.0 Å². The third-order valence-corrected chi connectivity index (χ3v) is 5.98. The van der Waals surface area contributed by atoms with Gasteiger partial charge in [-0.3, -0.25) is 24.2 Å². The maximum Gasteiger partial charge on any atom is 0.276 e. The molecule has 3 aromatic heterocycles. The van der Waals surface area contributed by atoms with E-state index < -0.39 is 5.91 Å². The van der Waals surface area contributed by atoms with Gasteiger partial charge in [-0.2, -0.15) is 5.10 Å². The maximum atomic E-state index is 13.1. The summed E-state index contributed by atoms with van der Waals surface area (Å²) < 4.78 is 14.3. The van der Waals surface area contributed by atoms with Crippen LogP contribution in [0.15, 0.2) is 48.7 Å². The fraction of sp³-hybridized carbons (Fsp3) is 0.296. The molecule has 0 aliphatic heterocycles. The number of nitrogens with zero attached hydrogens (tertiary/aromatic N) is 5. The van der Waals surface area contributed by atoms with Crippen molar-refractivity contribution in [2.24, 2.45) is 5.73 Å². The van der Waals surface area contributed by atoms with Crippen LogP contribution in [0.25, 0.3) is 11.2 Å². The molecule has 40 heavy (non-hydrogen) atoms. The highest BCUT2D eigenvalue weighted by atomic mass is 16.5. The summed E-state index contributed by atoms with van der Waals surface area (Å²) in [6.45, 7) is 5.77. The first kappa shape index (κ1) is 28.1. The number of nitrogens with one attached hydrogen (secondary N) is 2. The van der Waals surface area contributed by atoms with Gasteiger partial charge in [0, 0.05) is 38.5 Å². The summed E-state index contributed by atoms with van der Waals surface area (Å²) in [6, 6.07) is 8.42. The predicted molar refractivity (Wildman–Crippen MR) is 152 cm³/mol. The van der Waals surface area contributed by atoms with E-state index in [0.717, 1.165) is 5.69 Å². The van der Waals surface area contributed by atoms with Crippen LogP contribution in [0.5, 0.6) is 5.75 Å². The van der Waals surface area contributed by atoms with Crippen LogP contribution in [0.1, 0.15) is 33.5 Å². The SMILES string of the molecule is CCn1nc(C)cc1C(=O)Nc1nc2cccnc2n1CC=CCNc1c(N)cc(C(N)=O)cc1OCCOC. The first-order chi connectivity index (χ1) is 19.3.